The van der Waals surface area contributed by atoms with Gasteiger partial charge in [0.25, 0.3) is 0 Å². The highest BCUT2D eigenvalue weighted by Gasteiger charge is 2.05. The molecule has 0 aliphatic rings. The lowest BCUT2D eigenvalue weighted by atomic mass is 10.2. The van der Waals surface area contributed by atoms with Gasteiger partial charge in [0.05, 0.1) is 10.2 Å². The van der Waals surface area contributed by atoms with Gasteiger partial charge in [0, 0.05) is 6.07 Å². The Kier molecular flexibility index (Phi) is 1.88. The predicted molar refractivity (Wildman–Crippen MR) is 52.0 cm³/mol. The summed E-state index contributed by atoms with van der Waals surface area (Å²) >= 11 is 4.79. The summed E-state index contributed by atoms with van der Waals surface area (Å²) in [6, 6.07) is 2.97. The molecule has 62 valence electrons. The van der Waals surface area contributed by atoms with Gasteiger partial charge in [-0.15, -0.1) is 11.3 Å². The van der Waals surface area contributed by atoms with Crippen molar-refractivity contribution >= 4 is 37.5 Å². The Morgan fingerprint density at radius 2 is 2.25 bits per heavy atom. The van der Waals surface area contributed by atoms with Crippen molar-refractivity contribution < 1.29 is 4.39 Å². The average molecular weight is 246 g/mol. The maximum atomic E-state index is 12.9. The van der Waals surface area contributed by atoms with E-state index in [2.05, 4.69) is 20.9 Å². The molecule has 1 aromatic heterocycles. The summed E-state index contributed by atoms with van der Waals surface area (Å²) < 4.78 is 14.7. The molecule has 1 nitrogen and oxygen atoms in total. The number of benzene rings is 1. The zero-order valence-corrected chi connectivity index (χ0v) is 8.67. The van der Waals surface area contributed by atoms with E-state index in [9.17, 15) is 4.39 Å². The molecule has 0 aliphatic carbocycles. The molecule has 0 N–H and O–H groups in total. The standard InChI is InChI=1S/C8H5BrFNS/c1-4-2-5(10)3-6-7(4)12-8(9)11-6/h2-3H,1H3. The molecule has 0 fully saturated rings. The van der Waals surface area contributed by atoms with Crippen LogP contribution >= 0.6 is 27.3 Å². The second kappa shape index (κ2) is 2.78. The van der Waals surface area contributed by atoms with Gasteiger partial charge in [-0.1, -0.05) is 0 Å². The highest BCUT2D eigenvalue weighted by molar-refractivity contribution is 9.11. The molecule has 2 rings (SSSR count). The van der Waals surface area contributed by atoms with Gasteiger partial charge >= 0.3 is 0 Å². The van der Waals surface area contributed by atoms with Crippen molar-refractivity contribution in [2.24, 2.45) is 0 Å². The van der Waals surface area contributed by atoms with Crippen LogP contribution in [0, 0.1) is 12.7 Å². The van der Waals surface area contributed by atoms with Gasteiger partial charge < -0.3 is 0 Å². The molecule has 0 atom stereocenters. The molecule has 12 heavy (non-hydrogen) atoms. The molecule has 1 aromatic carbocycles. The highest BCUT2D eigenvalue weighted by Crippen LogP contribution is 2.29. The molecule has 4 heteroatoms. The minimum Gasteiger partial charge on any atom is -0.229 e. The van der Waals surface area contributed by atoms with Crippen molar-refractivity contribution in [2.45, 2.75) is 6.92 Å². The van der Waals surface area contributed by atoms with Crippen molar-refractivity contribution in [1.29, 1.82) is 0 Å². The zero-order valence-electron chi connectivity index (χ0n) is 6.27. The lowest BCUT2D eigenvalue weighted by Crippen LogP contribution is -1.77. The van der Waals surface area contributed by atoms with Gasteiger partial charge in [-0.25, -0.2) is 9.37 Å². The van der Waals surface area contributed by atoms with Gasteiger partial charge in [0.15, 0.2) is 3.92 Å². The first-order valence-electron chi connectivity index (χ1n) is 3.39. The van der Waals surface area contributed by atoms with E-state index in [4.69, 9.17) is 0 Å². The highest BCUT2D eigenvalue weighted by atomic mass is 79.9. The Hall–Kier alpha value is -0.480. The normalized spacial score (nSPS) is 10.9. The van der Waals surface area contributed by atoms with Crippen molar-refractivity contribution in [2.75, 3.05) is 0 Å². The first-order valence-corrected chi connectivity index (χ1v) is 5.00. The Balaban J connectivity index is 2.88. The minimum absolute atomic E-state index is 0.224. The lowest BCUT2D eigenvalue weighted by Gasteiger charge is -1.93. The van der Waals surface area contributed by atoms with E-state index in [0.29, 0.717) is 0 Å². The number of aryl methyl sites for hydroxylation is 1. The third-order valence-electron chi connectivity index (χ3n) is 1.61. The molecule has 0 saturated heterocycles. The Morgan fingerprint density at radius 1 is 1.50 bits per heavy atom. The number of hydrogen-bond donors (Lipinski definition) is 0. The van der Waals surface area contributed by atoms with Crippen LogP contribution in [0.15, 0.2) is 16.0 Å². The van der Waals surface area contributed by atoms with Gasteiger partial charge in [-0.3, -0.25) is 0 Å². The summed E-state index contributed by atoms with van der Waals surface area (Å²) in [7, 11) is 0. The lowest BCUT2D eigenvalue weighted by molar-refractivity contribution is 0.628. The molecular formula is C8H5BrFNS. The molecule has 0 aliphatic heterocycles. The van der Waals surface area contributed by atoms with E-state index in [1.807, 2.05) is 6.92 Å². The van der Waals surface area contributed by atoms with Crippen LogP contribution in [-0.4, -0.2) is 4.98 Å². The van der Waals surface area contributed by atoms with Crippen LogP contribution in [0.3, 0.4) is 0 Å². The molecule has 0 bridgehead atoms. The Bertz CT molecular complexity index is 438. The molecular weight excluding hydrogens is 241 g/mol. The summed E-state index contributed by atoms with van der Waals surface area (Å²) in [5, 5.41) is 0. The summed E-state index contributed by atoms with van der Waals surface area (Å²) in [6.45, 7) is 1.88. The van der Waals surface area contributed by atoms with Crippen molar-refractivity contribution in [3.63, 3.8) is 0 Å². The van der Waals surface area contributed by atoms with Gasteiger partial charge in [-0.05, 0) is 34.5 Å². The average Bonchev–Trinajstić information content (AvgIpc) is 2.29. The molecule has 0 unspecified atom stereocenters. The number of nitrogens with zero attached hydrogens (tertiary/aromatic N) is 1. The number of aromatic nitrogens is 1. The van der Waals surface area contributed by atoms with Crippen LogP contribution < -0.4 is 0 Å². The van der Waals surface area contributed by atoms with Gasteiger partial charge in [-0.2, -0.15) is 0 Å². The third kappa shape index (κ3) is 1.25. The number of halogens is 2. The van der Waals surface area contributed by atoms with Crippen molar-refractivity contribution in [3.05, 3.63) is 27.4 Å². The molecule has 0 amide bonds. The number of rotatable bonds is 0. The second-order valence-corrected chi connectivity index (χ2v) is 4.81. The fourth-order valence-electron chi connectivity index (χ4n) is 1.13. The monoisotopic (exact) mass is 245 g/mol. The smallest absolute Gasteiger partial charge is 0.160 e. The first-order chi connectivity index (χ1) is 5.66. The van der Waals surface area contributed by atoms with E-state index in [1.165, 1.54) is 23.5 Å². The Morgan fingerprint density at radius 3 is 3.00 bits per heavy atom. The van der Waals surface area contributed by atoms with E-state index in [1.54, 1.807) is 0 Å². The van der Waals surface area contributed by atoms with Gasteiger partial charge in [0.2, 0.25) is 0 Å². The number of fused-ring (bicyclic) bond motifs is 1. The Labute approximate surface area is 81.4 Å². The quantitative estimate of drug-likeness (QED) is 0.693. The summed E-state index contributed by atoms with van der Waals surface area (Å²) in [5.41, 5.74) is 1.66. The van der Waals surface area contributed by atoms with Crippen molar-refractivity contribution in [3.8, 4) is 0 Å². The van der Waals surface area contributed by atoms with Gasteiger partial charge in [0.1, 0.15) is 5.82 Å². The summed E-state index contributed by atoms with van der Waals surface area (Å²) in [5.74, 6) is -0.224. The molecule has 0 radical (unpaired) electrons. The van der Waals surface area contributed by atoms with Crippen molar-refractivity contribution in [1.82, 2.24) is 4.98 Å². The van der Waals surface area contributed by atoms with Crippen LogP contribution in [0.4, 0.5) is 4.39 Å². The van der Waals surface area contributed by atoms with E-state index < -0.39 is 0 Å². The topological polar surface area (TPSA) is 12.9 Å². The molecule has 1 heterocycles. The largest absolute Gasteiger partial charge is 0.229 e. The SMILES string of the molecule is Cc1cc(F)cc2nc(Br)sc12. The molecule has 0 saturated carbocycles. The van der Waals surface area contributed by atoms with E-state index >= 15 is 0 Å². The third-order valence-corrected chi connectivity index (χ3v) is 3.27. The van der Waals surface area contributed by atoms with Crippen LogP contribution in [-0.2, 0) is 0 Å². The first kappa shape index (κ1) is 8.13. The maximum absolute atomic E-state index is 12.9. The van der Waals surface area contributed by atoms with Crippen LogP contribution in [0.2, 0.25) is 0 Å². The van der Waals surface area contributed by atoms with E-state index in [-0.39, 0.29) is 5.82 Å². The minimum atomic E-state index is -0.224. The van der Waals surface area contributed by atoms with Crippen LogP contribution in [0.1, 0.15) is 5.56 Å². The summed E-state index contributed by atoms with van der Waals surface area (Å²) in [4.78, 5) is 4.13. The number of thiazole rings is 1. The predicted octanol–water partition coefficient (Wildman–Crippen LogP) is 3.51. The number of hydrogen-bond acceptors (Lipinski definition) is 2. The fourth-order valence-corrected chi connectivity index (χ4v) is 2.55. The maximum Gasteiger partial charge on any atom is 0.160 e. The fraction of sp³-hybridized carbons (Fsp3) is 0.125. The molecule has 2 aromatic rings. The second-order valence-electron chi connectivity index (χ2n) is 2.54. The van der Waals surface area contributed by atoms with Crippen LogP contribution in [0.5, 0.6) is 0 Å². The van der Waals surface area contributed by atoms with E-state index in [0.717, 1.165) is 19.7 Å². The summed E-state index contributed by atoms with van der Waals surface area (Å²) in [6.07, 6.45) is 0. The van der Waals surface area contributed by atoms with Crippen LogP contribution in [0.25, 0.3) is 10.2 Å². The molecule has 0 spiro atoms. The zero-order chi connectivity index (χ0) is 8.72.